The molecule has 24 heavy (non-hydrogen) atoms. The lowest BCUT2D eigenvalue weighted by atomic mass is 9.85. The molecule has 0 aromatic carbocycles. The lowest BCUT2D eigenvalue weighted by molar-refractivity contribution is -0.182. The molecule has 1 saturated carbocycles. The van der Waals surface area contributed by atoms with Gasteiger partial charge in [0, 0.05) is 24.5 Å². The molecule has 1 aliphatic carbocycles. The Balaban J connectivity index is 1.69. The Morgan fingerprint density at radius 2 is 1.96 bits per heavy atom. The molecule has 1 heterocycles. The number of nitrogens with zero attached hydrogens (tertiary/aromatic N) is 2. The van der Waals surface area contributed by atoms with Crippen molar-refractivity contribution in [3.8, 4) is 0 Å². The smallest absolute Gasteiger partial charge is 0.352 e. The molecule has 136 valence electrons. The van der Waals surface area contributed by atoms with E-state index in [1.54, 1.807) is 6.20 Å². The van der Waals surface area contributed by atoms with Gasteiger partial charge in [0.2, 0.25) is 5.91 Å². The van der Waals surface area contributed by atoms with Gasteiger partial charge in [-0.1, -0.05) is 0 Å². The molecule has 1 aromatic rings. The normalized spacial score (nSPS) is 24.4. The van der Waals surface area contributed by atoms with Crippen LogP contribution in [0.15, 0.2) is 18.5 Å². The third kappa shape index (κ3) is 5.22. The summed E-state index contributed by atoms with van der Waals surface area (Å²) in [6.07, 6.45) is 0.400. The van der Waals surface area contributed by atoms with Gasteiger partial charge in [-0.2, -0.15) is 18.3 Å². The van der Waals surface area contributed by atoms with Crippen molar-refractivity contribution in [1.82, 2.24) is 20.4 Å². The van der Waals surface area contributed by atoms with Crippen molar-refractivity contribution < 1.29 is 18.0 Å². The minimum absolute atomic E-state index is 0.0385. The van der Waals surface area contributed by atoms with Crippen LogP contribution >= 0.6 is 0 Å². The SMILES string of the molecule is C[C@H](NCC(=O)NC1CCC(C(F)(F)F)CC1)[C@@H](C)n1cccn1. The Morgan fingerprint density at radius 1 is 1.29 bits per heavy atom. The zero-order chi connectivity index (χ0) is 17.7. The van der Waals surface area contributed by atoms with E-state index in [0.717, 1.165) is 0 Å². The minimum Gasteiger partial charge on any atom is -0.352 e. The van der Waals surface area contributed by atoms with Gasteiger partial charge in [-0.25, -0.2) is 0 Å². The second kappa shape index (κ2) is 8.00. The largest absolute Gasteiger partial charge is 0.391 e. The van der Waals surface area contributed by atoms with Crippen molar-refractivity contribution in [3.63, 3.8) is 0 Å². The highest BCUT2D eigenvalue weighted by atomic mass is 19.4. The first-order chi connectivity index (χ1) is 11.3. The maximum Gasteiger partial charge on any atom is 0.391 e. The Morgan fingerprint density at radius 3 is 2.50 bits per heavy atom. The first kappa shape index (κ1) is 18.8. The molecule has 0 unspecified atom stereocenters. The van der Waals surface area contributed by atoms with Crippen molar-refractivity contribution in [1.29, 1.82) is 0 Å². The van der Waals surface area contributed by atoms with E-state index in [4.69, 9.17) is 0 Å². The average Bonchev–Trinajstić information content (AvgIpc) is 3.06. The molecule has 5 nitrogen and oxygen atoms in total. The second-order valence-corrected chi connectivity index (χ2v) is 6.55. The number of alkyl halides is 3. The van der Waals surface area contributed by atoms with Gasteiger partial charge in [0.1, 0.15) is 0 Å². The number of nitrogens with one attached hydrogen (secondary N) is 2. The predicted octanol–water partition coefficient (Wildman–Crippen LogP) is 2.66. The molecule has 2 rings (SSSR count). The molecule has 0 spiro atoms. The number of hydrogen-bond donors (Lipinski definition) is 2. The molecule has 2 atom stereocenters. The van der Waals surface area contributed by atoms with Gasteiger partial charge in [0.15, 0.2) is 0 Å². The fourth-order valence-corrected chi connectivity index (χ4v) is 3.02. The molecule has 0 bridgehead atoms. The number of rotatable bonds is 6. The highest BCUT2D eigenvalue weighted by Gasteiger charge is 2.41. The second-order valence-electron chi connectivity index (χ2n) is 6.55. The number of carbonyl (C=O) groups excluding carboxylic acids is 1. The summed E-state index contributed by atoms with van der Waals surface area (Å²) in [5, 5.41) is 10.1. The van der Waals surface area contributed by atoms with E-state index in [1.165, 1.54) is 0 Å². The van der Waals surface area contributed by atoms with Crippen LogP contribution in [-0.4, -0.2) is 40.5 Å². The summed E-state index contributed by atoms with van der Waals surface area (Å²) in [5.41, 5.74) is 0. The summed E-state index contributed by atoms with van der Waals surface area (Å²) in [5.74, 6) is -1.40. The molecular formula is C16H25F3N4O. The standard InChI is InChI=1S/C16H25F3N4O/c1-11(12(2)23-9-3-8-21-23)20-10-15(24)22-14-6-4-13(5-7-14)16(17,18)19/h3,8-9,11-14,20H,4-7,10H2,1-2H3,(H,22,24)/t11-,12+,13?,14?/m0/s1. The lowest BCUT2D eigenvalue weighted by Crippen LogP contribution is -2.46. The summed E-state index contributed by atoms with van der Waals surface area (Å²) in [6.45, 7) is 4.11. The highest BCUT2D eigenvalue weighted by Crippen LogP contribution is 2.37. The average molecular weight is 346 g/mol. The molecule has 1 amide bonds. The Bertz CT molecular complexity index is 510. The molecule has 0 saturated heterocycles. The van der Waals surface area contributed by atoms with E-state index in [2.05, 4.69) is 15.7 Å². The van der Waals surface area contributed by atoms with Crippen molar-refractivity contribution in [2.24, 2.45) is 5.92 Å². The third-order valence-corrected chi connectivity index (χ3v) is 4.81. The molecule has 8 heteroatoms. The number of hydrogen-bond acceptors (Lipinski definition) is 3. The van der Waals surface area contributed by atoms with Gasteiger partial charge < -0.3 is 10.6 Å². The molecule has 1 fully saturated rings. The van der Waals surface area contributed by atoms with Gasteiger partial charge in [-0.15, -0.1) is 0 Å². The molecular weight excluding hydrogens is 321 g/mol. The summed E-state index contributed by atoms with van der Waals surface area (Å²) < 4.78 is 39.7. The van der Waals surface area contributed by atoms with Gasteiger partial charge >= 0.3 is 6.18 Å². The first-order valence-corrected chi connectivity index (χ1v) is 8.36. The van der Waals surface area contributed by atoms with Gasteiger partial charge in [0.25, 0.3) is 0 Å². The summed E-state index contributed by atoms with van der Waals surface area (Å²) in [4.78, 5) is 12.0. The van der Waals surface area contributed by atoms with Crippen LogP contribution in [0.3, 0.4) is 0 Å². The van der Waals surface area contributed by atoms with Crippen LogP contribution in [0.25, 0.3) is 0 Å². The molecule has 1 aliphatic rings. The maximum atomic E-state index is 12.6. The molecule has 1 aromatic heterocycles. The van der Waals surface area contributed by atoms with E-state index in [-0.39, 0.29) is 43.4 Å². The summed E-state index contributed by atoms with van der Waals surface area (Å²) in [6, 6.07) is 1.82. The van der Waals surface area contributed by atoms with E-state index < -0.39 is 12.1 Å². The molecule has 0 radical (unpaired) electrons. The monoisotopic (exact) mass is 346 g/mol. The van der Waals surface area contributed by atoms with E-state index in [9.17, 15) is 18.0 Å². The Kier molecular flexibility index (Phi) is 6.26. The number of halogens is 3. The first-order valence-electron chi connectivity index (χ1n) is 8.36. The quantitative estimate of drug-likeness (QED) is 0.833. The zero-order valence-corrected chi connectivity index (χ0v) is 14.0. The lowest BCUT2D eigenvalue weighted by Gasteiger charge is -2.30. The van der Waals surface area contributed by atoms with Crippen molar-refractivity contribution in [3.05, 3.63) is 18.5 Å². The van der Waals surface area contributed by atoms with E-state index in [1.807, 2.05) is 30.8 Å². The third-order valence-electron chi connectivity index (χ3n) is 4.81. The maximum absolute atomic E-state index is 12.6. The zero-order valence-electron chi connectivity index (χ0n) is 14.0. The number of carbonyl (C=O) groups is 1. The topological polar surface area (TPSA) is 59.0 Å². The molecule has 0 aliphatic heterocycles. The van der Waals surface area contributed by atoms with Crippen LogP contribution in [0.5, 0.6) is 0 Å². The summed E-state index contributed by atoms with van der Waals surface area (Å²) in [7, 11) is 0. The Labute approximate surface area is 140 Å². The van der Waals surface area contributed by atoms with E-state index >= 15 is 0 Å². The Hall–Kier alpha value is -1.57. The fraction of sp³-hybridized carbons (Fsp3) is 0.750. The fourth-order valence-electron chi connectivity index (χ4n) is 3.02. The number of aromatic nitrogens is 2. The minimum atomic E-state index is -4.12. The van der Waals surface area contributed by atoms with Crippen LogP contribution < -0.4 is 10.6 Å². The van der Waals surface area contributed by atoms with Gasteiger partial charge in [0.05, 0.1) is 18.5 Å². The van der Waals surface area contributed by atoms with Crippen molar-refractivity contribution >= 4 is 5.91 Å². The number of amides is 1. The van der Waals surface area contributed by atoms with Crippen LogP contribution in [0.2, 0.25) is 0 Å². The van der Waals surface area contributed by atoms with Crippen LogP contribution in [0, 0.1) is 5.92 Å². The summed E-state index contributed by atoms with van der Waals surface area (Å²) >= 11 is 0. The van der Waals surface area contributed by atoms with Crippen molar-refractivity contribution in [2.45, 2.75) is 63.8 Å². The van der Waals surface area contributed by atoms with Crippen LogP contribution in [0.4, 0.5) is 13.2 Å². The van der Waals surface area contributed by atoms with Crippen molar-refractivity contribution in [2.75, 3.05) is 6.54 Å². The van der Waals surface area contributed by atoms with Gasteiger partial charge in [-0.05, 0) is 45.6 Å². The highest BCUT2D eigenvalue weighted by molar-refractivity contribution is 5.78. The van der Waals surface area contributed by atoms with Gasteiger partial charge in [-0.3, -0.25) is 9.48 Å². The molecule has 2 N–H and O–H groups in total. The van der Waals surface area contributed by atoms with Crippen LogP contribution in [0.1, 0.15) is 45.6 Å². The predicted molar refractivity (Wildman–Crippen MR) is 84.3 cm³/mol. The van der Waals surface area contributed by atoms with E-state index in [0.29, 0.717) is 12.8 Å². The van der Waals surface area contributed by atoms with Crippen LogP contribution in [-0.2, 0) is 4.79 Å².